The molecule has 0 saturated carbocycles. The van der Waals surface area contributed by atoms with Crippen LogP contribution < -0.4 is 9.80 Å². The molecule has 1 aliphatic rings. The van der Waals surface area contributed by atoms with Crippen molar-refractivity contribution in [1.82, 2.24) is 39.9 Å². The Labute approximate surface area is 195 Å². The van der Waals surface area contributed by atoms with Crippen LogP contribution in [0, 0.1) is 0 Å². The number of hydrogen-bond acceptors (Lipinski definition) is 10. The highest BCUT2D eigenvalue weighted by atomic mass is 16.5. The Morgan fingerprint density at radius 2 is 1.62 bits per heavy atom. The van der Waals surface area contributed by atoms with Crippen LogP contribution in [0.25, 0.3) is 17.0 Å². The third kappa shape index (κ3) is 4.03. The normalized spacial score (nSPS) is 14.1. The van der Waals surface area contributed by atoms with Crippen molar-refractivity contribution < 1.29 is 4.52 Å². The molecule has 0 aliphatic carbocycles. The van der Waals surface area contributed by atoms with Crippen LogP contribution in [0.2, 0.25) is 0 Å². The van der Waals surface area contributed by atoms with Crippen LogP contribution >= 0.6 is 0 Å². The topological polar surface area (TPSA) is 114 Å². The molecule has 1 aliphatic heterocycles. The number of pyridine rings is 2. The van der Waals surface area contributed by atoms with Gasteiger partial charge in [-0.25, -0.2) is 4.98 Å². The highest BCUT2D eigenvalue weighted by Crippen LogP contribution is 2.19. The van der Waals surface area contributed by atoms with E-state index in [1.54, 1.807) is 16.9 Å². The lowest BCUT2D eigenvalue weighted by Gasteiger charge is -2.35. The maximum Gasteiger partial charge on any atom is 0.227 e. The third-order valence-electron chi connectivity index (χ3n) is 5.86. The van der Waals surface area contributed by atoms with E-state index in [1.165, 1.54) is 0 Å². The molecule has 0 bridgehead atoms. The fourth-order valence-corrected chi connectivity index (χ4v) is 4.05. The molecule has 11 nitrogen and oxygen atoms in total. The molecule has 0 aromatic carbocycles. The summed E-state index contributed by atoms with van der Waals surface area (Å²) in [4.78, 5) is 17.5. The molecule has 5 aromatic heterocycles. The van der Waals surface area contributed by atoms with Gasteiger partial charge in [-0.1, -0.05) is 11.2 Å². The SMILES string of the molecule is c1ccc(N2CCN(c3ccc4nnc(CCc5nc(-c6ccncc6)no5)n4n3)CC2)nc1. The lowest BCUT2D eigenvalue weighted by Crippen LogP contribution is -2.47. The Morgan fingerprint density at radius 3 is 2.41 bits per heavy atom. The van der Waals surface area contributed by atoms with E-state index >= 15 is 0 Å². The van der Waals surface area contributed by atoms with Crippen molar-refractivity contribution in [3.63, 3.8) is 0 Å². The van der Waals surface area contributed by atoms with Gasteiger partial charge < -0.3 is 14.3 Å². The Balaban J connectivity index is 1.14. The first-order valence-electron chi connectivity index (χ1n) is 11.2. The van der Waals surface area contributed by atoms with Gasteiger partial charge in [0.2, 0.25) is 11.7 Å². The standard InChI is InChI=1S/C23H22N10O/c1-2-10-25-18(3-1)31-13-15-32(16-14-31)21-5-4-19-27-28-20(33(19)29-21)6-7-22-26-23(30-34-22)17-8-11-24-12-9-17/h1-5,8-12H,6-7,13-16H2. The van der Waals surface area contributed by atoms with Crippen molar-refractivity contribution in [1.29, 1.82) is 0 Å². The van der Waals surface area contributed by atoms with Crippen LogP contribution in [0.15, 0.2) is 65.6 Å². The highest BCUT2D eigenvalue weighted by Gasteiger charge is 2.20. The zero-order valence-electron chi connectivity index (χ0n) is 18.4. The van der Waals surface area contributed by atoms with E-state index in [1.807, 2.05) is 48.7 Å². The van der Waals surface area contributed by atoms with Crippen molar-refractivity contribution in [2.75, 3.05) is 36.0 Å². The molecule has 1 fully saturated rings. The minimum Gasteiger partial charge on any atom is -0.353 e. The summed E-state index contributed by atoms with van der Waals surface area (Å²) in [5.41, 5.74) is 1.58. The fraction of sp³-hybridized carbons (Fsp3) is 0.261. The summed E-state index contributed by atoms with van der Waals surface area (Å²) in [5, 5.41) is 17.5. The number of fused-ring (bicyclic) bond motifs is 1. The van der Waals surface area contributed by atoms with E-state index in [2.05, 4.69) is 40.1 Å². The van der Waals surface area contributed by atoms with Crippen LogP contribution in [0.5, 0.6) is 0 Å². The molecular weight excluding hydrogens is 432 g/mol. The van der Waals surface area contributed by atoms with E-state index < -0.39 is 0 Å². The summed E-state index contributed by atoms with van der Waals surface area (Å²) in [6.45, 7) is 3.52. The van der Waals surface area contributed by atoms with Gasteiger partial charge in [-0.3, -0.25) is 4.98 Å². The van der Waals surface area contributed by atoms with E-state index in [9.17, 15) is 0 Å². The van der Waals surface area contributed by atoms with Crippen molar-refractivity contribution in [2.45, 2.75) is 12.8 Å². The average molecular weight is 454 g/mol. The average Bonchev–Trinajstić information content (AvgIpc) is 3.55. The lowest BCUT2D eigenvalue weighted by atomic mass is 10.2. The van der Waals surface area contributed by atoms with Gasteiger partial charge in [-0.15, -0.1) is 15.3 Å². The summed E-state index contributed by atoms with van der Waals surface area (Å²) < 4.78 is 7.22. The molecule has 0 unspecified atom stereocenters. The Bertz CT molecular complexity index is 1380. The van der Waals surface area contributed by atoms with Crippen molar-refractivity contribution in [3.05, 3.63) is 72.8 Å². The van der Waals surface area contributed by atoms with Crippen LogP contribution in [0.3, 0.4) is 0 Å². The minimum absolute atomic E-state index is 0.547. The van der Waals surface area contributed by atoms with Gasteiger partial charge in [0.05, 0.1) is 0 Å². The van der Waals surface area contributed by atoms with Crippen LogP contribution in [-0.2, 0) is 12.8 Å². The number of hydrogen-bond donors (Lipinski definition) is 0. The maximum absolute atomic E-state index is 5.42. The molecule has 6 heterocycles. The monoisotopic (exact) mass is 454 g/mol. The third-order valence-corrected chi connectivity index (χ3v) is 5.86. The molecule has 0 N–H and O–H groups in total. The number of nitrogens with zero attached hydrogens (tertiary/aromatic N) is 10. The first-order chi connectivity index (χ1) is 16.8. The van der Waals surface area contributed by atoms with E-state index in [0.717, 1.165) is 49.2 Å². The van der Waals surface area contributed by atoms with Crippen LogP contribution in [0.4, 0.5) is 11.6 Å². The summed E-state index contributed by atoms with van der Waals surface area (Å²) in [6, 6.07) is 13.7. The largest absolute Gasteiger partial charge is 0.353 e. The first kappa shape index (κ1) is 20.2. The Kier molecular flexibility index (Phi) is 5.26. The molecule has 0 atom stereocenters. The van der Waals surface area contributed by atoms with Crippen molar-refractivity contribution >= 4 is 17.3 Å². The van der Waals surface area contributed by atoms with E-state index in [0.29, 0.717) is 30.2 Å². The Morgan fingerprint density at radius 1 is 0.794 bits per heavy atom. The summed E-state index contributed by atoms with van der Waals surface area (Å²) >= 11 is 0. The maximum atomic E-state index is 5.42. The van der Waals surface area contributed by atoms with Gasteiger partial charge in [0.15, 0.2) is 11.5 Å². The van der Waals surface area contributed by atoms with Gasteiger partial charge in [0.1, 0.15) is 11.6 Å². The molecule has 6 rings (SSSR count). The number of rotatable bonds is 6. The van der Waals surface area contributed by atoms with Gasteiger partial charge in [-0.2, -0.15) is 9.50 Å². The predicted octanol–water partition coefficient (Wildman–Crippen LogP) is 2.08. The molecule has 1 saturated heterocycles. The molecule has 34 heavy (non-hydrogen) atoms. The molecule has 5 aromatic rings. The first-order valence-corrected chi connectivity index (χ1v) is 11.2. The Hall–Kier alpha value is -4.41. The number of piperazine rings is 1. The number of aryl methyl sites for hydroxylation is 2. The second-order valence-electron chi connectivity index (χ2n) is 7.99. The van der Waals surface area contributed by atoms with Crippen LogP contribution in [-0.4, -0.2) is 66.1 Å². The lowest BCUT2D eigenvalue weighted by molar-refractivity contribution is 0.377. The van der Waals surface area contributed by atoms with Gasteiger partial charge >= 0.3 is 0 Å². The predicted molar refractivity (Wildman–Crippen MR) is 124 cm³/mol. The van der Waals surface area contributed by atoms with E-state index in [-0.39, 0.29) is 0 Å². The number of aromatic nitrogens is 8. The fourth-order valence-electron chi connectivity index (χ4n) is 4.05. The van der Waals surface area contributed by atoms with Gasteiger partial charge in [-0.05, 0) is 36.4 Å². The molecular formula is C23H22N10O. The smallest absolute Gasteiger partial charge is 0.227 e. The minimum atomic E-state index is 0.547. The summed E-state index contributed by atoms with van der Waals surface area (Å²) in [5.74, 6) is 3.78. The molecule has 11 heteroatoms. The molecule has 0 amide bonds. The molecule has 0 radical (unpaired) electrons. The quantitative estimate of drug-likeness (QED) is 0.378. The second-order valence-corrected chi connectivity index (χ2v) is 7.99. The van der Waals surface area contributed by atoms with Crippen LogP contribution in [0.1, 0.15) is 11.7 Å². The van der Waals surface area contributed by atoms with Gasteiger partial charge in [0.25, 0.3) is 0 Å². The van der Waals surface area contributed by atoms with Crippen molar-refractivity contribution in [3.8, 4) is 11.4 Å². The molecule has 0 spiro atoms. The zero-order valence-corrected chi connectivity index (χ0v) is 18.4. The van der Waals surface area contributed by atoms with Crippen molar-refractivity contribution in [2.24, 2.45) is 0 Å². The van der Waals surface area contributed by atoms with E-state index in [4.69, 9.17) is 9.62 Å². The number of anilines is 2. The summed E-state index contributed by atoms with van der Waals surface area (Å²) in [7, 11) is 0. The summed E-state index contributed by atoms with van der Waals surface area (Å²) in [6.07, 6.45) is 6.38. The highest BCUT2D eigenvalue weighted by molar-refractivity contribution is 5.52. The zero-order chi connectivity index (χ0) is 22.7. The van der Waals surface area contributed by atoms with Gasteiger partial charge in [0, 0.05) is 63.2 Å². The second kappa shape index (κ2) is 8.85. The molecule has 170 valence electrons.